The topological polar surface area (TPSA) is 75.9 Å². The summed E-state index contributed by atoms with van der Waals surface area (Å²) in [6, 6.07) is 3.62. The van der Waals surface area contributed by atoms with Gasteiger partial charge in [-0.2, -0.15) is 5.10 Å². The van der Waals surface area contributed by atoms with Crippen molar-refractivity contribution < 1.29 is 13.6 Å². The summed E-state index contributed by atoms with van der Waals surface area (Å²) >= 11 is 1.25. The minimum atomic E-state index is -0.927. The van der Waals surface area contributed by atoms with Crippen molar-refractivity contribution >= 4 is 22.4 Å². The molecule has 3 aromatic rings. The zero-order valence-corrected chi connectivity index (χ0v) is 16.6. The molecule has 1 unspecified atom stereocenters. The molecule has 0 bridgehead atoms. The summed E-state index contributed by atoms with van der Waals surface area (Å²) in [5, 5.41) is 9.15. The monoisotopic (exact) mass is 418 g/mol. The minimum Gasteiger partial charge on any atom is -0.301 e. The first-order valence-electron chi connectivity index (χ1n) is 9.31. The molecule has 1 aromatic carbocycles. The van der Waals surface area contributed by atoms with Crippen molar-refractivity contribution in [2.75, 3.05) is 18.4 Å². The maximum atomic E-state index is 13.4. The molecule has 2 aromatic heterocycles. The quantitative estimate of drug-likeness (QED) is 0.688. The van der Waals surface area contributed by atoms with Crippen molar-refractivity contribution in [3.05, 3.63) is 47.9 Å². The molecule has 1 saturated heterocycles. The number of rotatable bonds is 5. The molecule has 10 heteroatoms. The SMILES string of the molecule is CC(C(=O)Nc1nc(-c2ccc(F)c(F)c2)cs1)N1CCC(n2cncn2)CC1. The van der Waals surface area contributed by atoms with Gasteiger partial charge in [-0.25, -0.2) is 23.4 Å². The second-order valence-electron chi connectivity index (χ2n) is 6.97. The van der Waals surface area contributed by atoms with Crippen LogP contribution >= 0.6 is 11.3 Å². The van der Waals surface area contributed by atoms with Gasteiger partial charge in [0, 0.05) is 24.0 Å². The lowest BCUT2D eigenvalue weighted by Gasteiger charge is -2.35. The number of amides is 1. The van der Waals surface area contributed by atoms with Crippen LogP contribution in [-0.2, 0) is 4.79 Å². The highest BCUT2D eigenvalue weighted by Crippen LogP contribution is 2.27. The fraction of sp³-hybridized carbons (Fsp3) is 0.368. The van der Waals surface area contributed by atoms with Crippen molar-refractivity contribution in [3.8, 4) is 11.3 Å². The Hall–Kier alpha value is -2.72. The average Bonchev–Trinajstić information content (AvgIpc) is 3.42. The van der Waals surface area contributed by atoms with E-state index < -0.39 is 11.6 Å². The van der Waals surface area contributed by atoms with Crippen molar-refractivity contribution in [2.24, 2.45) is 0 Å². The molecular weight excluding hydrogens is 398 g/mol. The Morgan fingerprint density at radius 1 is 1.28 bits per heavy atom. The van der Waals surface area contributed by atoms with Gasteiger partial charge in [0.15, 0.2) is 16.8 Å². The predicted molar refractivity (Wildman–Crippen MR) is 105 cm³/mol. The van der Waals surface area contributed by atoms with E-state index >= 15 is 0 Å². The summed E-state index contributed by atoms with van der Waals surface area (Å²) < 4.78 is 28.4. The smallest absolute Gasteiger partial charge is 0.243 e. The molecule has 1 aliphatic rings. The third kappa shape index (κ3) is 4.33. The molecule has 0 radical (unpaired) electrons. The number of aromatic nitrogens is 4. The Morgan fingerprint density at radius 2 is 2.07 bits per heavy atom. The highest BCUT2D eigenvalue weighted by atomic mass is 32.1. The van der Waals surface area contributed by atoms with Gasteiger partial charge in [-0.1, -0.05) is 0 Å². The van der Waals surface area contributed by atoms with Crippen molar-refractivity contribution in [1.29, 1.82) is 0 Å². The van der Waals surface area contributed by atoms with E-state index in [1.54, 1.807) is 11.7 Å². The van der Waals surface area contributed by atoms with Crippen LogP contribution < -0.4 is 5.32 Å². The first kappa shape index (κ1) is 19.6. The van der Waals surface area contributed by atoms with Crippen LogP contribution in [0, 0.1) is 11.6 Å². The second-order valence-corrected chi connectivity index (χ2v) is 7.83. The van der Waals surface area contributed by atoms with E-state index in [-0.39, 0.29) is 11.9 Å². The molecule has 4 rings (SSSR count). The molecule has 1 N–H and O–H groups in total. The van der Waals surface area contributed by atoms with Crippen LogP contribution in [0.25, 0.3) is 11.3 Å². The Labute approximate surface area is 170 Å². The van der Waals surface area contributed by atoms with E-state index in [2.05, 4.69) is 25.3 Å². The number of nitrogens with one attached hydrogen (secondary N) is 1. The number of carbonyl (C=O) groups excluding carboxylic acids is 1. The van der Waals surface area contributed by atoms with Crippen LogP contribution in [0.5, 0.6) is 0 Å². The number of nitrogens with zero attached hydrogens (tertiary/aromatic N) is 5. The largest absolute Gasteiger partial charge is 0.301 e. The fourth-order valence-electron chi connectivity index (χ4n) is 3.44. The van der Waals surface area contributed by atoms with Crippen molar-refractivity contribution in [2.45, 2.75) is 31.8 Å². The Morgan fingerprint density at radius 3 is 2.76 bits per heavy atom. The maximum Gasteiger partial charge on any atom is 0.243 e. The van der Waals surface area contributed by atoms with Crippen LogP contribution in [0.4, 0.5) is 13.9 Å². The maximum absolute atomic E-state index is 13.4. The van der Waals surface area contributed by atoms with Crippen molar-refractivity contribution in [1.82, 2.24) is 24.6 Å². The van der Waals surface area contributed by atoms with Gasteiger partial charge in [-0.15, -0.1) is 11.3 Å². The molecule has 1 atom stereocenters. The second kappa shape index (κ2) is 8.34. The Kier molecular flexibility index (Phi) is 5.63. The van der Waals surface area contributed by atoms with Gasteiger partial charge >= 0.3 is 0 Å². The Bertz CT molecular complexity index is 985. The molecule has 29 heavy (non-hydrogen) atoms. The number of anilines is 1. The first-order valence-corrected chi connectivity index (χ1v) is 10.2. The van der Waals surface area contributed by atoms with E-state index in [9.17, 15) is 13.6 Å². The van der Waals surface area contributed by atoms with Crippen molar-refractivity contribution in [3.63, 3.8) is 0 Å². The van der Waals surface area contributed by atoms with Crippen LogP contribution in [-0.4, -0.2) is 49.7 Å². The van der Waals surface area contributed by atoms with Gasteiger partial charge in [0.05, 0.1) is 17.8 Å². The van der Waals surface area contributed by atoms with E-state index in [4.69, 9.17) is 0 Å². The van der Waals surface area contributed by atoms with Gasteiger partial charge in [0.2, 0.25) is 5.91 Å². The van der Waals surface area contributed by atoms with Gasteiger partial charge in [0.1, 0.15) is 12.7 Å². The fourth-order valence-corrected chi connectivity index (χ4v) is 4.16. The number of hydrogen-bond donors (Lipinski definition) is 1. The molecule has 1 aliphatic heterocycles. The average molecular weight is 418 g/mol. The van der Waals surface area contributed by atoms with E-state index in [0.717, 1.165) is 38.1 Å². The lowest BCUT2D eigenvalue weighted by molar-refractivity contribution is -0.121. The van der Waals surface area contributed by atoms with Crippen LogP contribution in [0.2, 0.25) is 0 Å². The molecule has 0 spiro atoms. The number of likely N-dealkylation sites (tertiary alicyclic amines) is 1. The minimum absolute atomic E-state index is 0.143. The molecule has 152 valence electrons. The summed E-state index contributed by atoms with van der Waals surface area (Å²) in [5.74, 6) is -1.97. The summed E-state index contributed by atoms with van der Waals surface area (Å²) in [6.07, 6.45) is 5.06. The number of carbonyl (C=O) groups is 1. The highest BCUT2D eigenvalue weighted by Gasteiger charge is 2.28. The molecular formula is C19H20F2N6OS. The third-order valence-corrected chi connectivity index (χ3v) is 5.94. The summed E-state index contributed by atoms with van der Waals surface area (Å²) in [7, 11) is 0. The first-order chi connectivity index (χ1) is 14.0. The highest BCUT2D eigenvalue weighted by molar-refractivity contribution is 7.14. The summed E-state index contributed by atoms with van der Waals surface area (Å²) in [4.78, 5) is 23.1. The molecule has 1 amide bonds. The zero-order valence-electron chi connectivity index (χ0n) is 15.8. The predicted octanol–water partition coefficient (Wildman–Crippen LogP) is 3.34. The van der Waals surface area contributed by atoms with Crippen LogP contribution in [0.1, 0.15) is 25.8 Å². The van der Waals surface area contributed by atoms with Gasteiger partial charge in [-0.3, -0.25) is 9.69 Å². The van der Waals surface area contributed by atoms with Crippen LogP contribution in [0.3, 0.4) is 0 Å². The standard InChI is InChI=1S/C19H20F2N6OS/c1-12(26-6-4-14(5-7-26)27-11-22-10-23-27)18(28)25-19-24-17(9-29-19)13-2-3-15(20)16(21)8-13/h2-3,8-12,14H,4-7H2,1H3,(H,24,25,28). The van der Waals surface area contributed by atoms with E-state index in [0.29, 0.717) is 22.4 Å². The zero-order chi connectivity index (χ0) is 20.4. The number of halogens is 2. The molecule has 0 aliphatic carbocycles. The third-order valence-electron chi connectivity index (χ3n) is 5.19. The van der Waals surface area contributed by atoms with Gasteiger partial charge in [0.25, 0.3) is 0 Å². The number of hydrogen-bond acceptors (Lipinski definition) is 6. The molecule has 3 heterocycles. The Balaban J connectivity index is 1.34. The van der Waals surface area contributed by atoms with Gasteiger partial charge in [-0.05, 0) is 38.0 Å². The van der Waals surface area contributed by atoms with E-state index in [1.807, 2.05) is 11.6 Å². The molecule has 0 saturated carbocycles. The lowest BCUT2D eigenvalue weighted by atomic mass is 10.0. The number of thiazole rings is 1. The van der Waals surface area contributed by atoms with E-state index in [1.165, 1.54) is 23.7 Å². The lowest BCUT2D eigenvalue weighted by Crippen LogP contribution is -2.46. The molecule has 7 nitrogen and oxygen atoms in total. The summed E-state index contributed by atoms with van der Waals surface area (Å²) in [6.45, 7) is 3.45. The number of benzene rings is 1. The molecule has 1 fully saturated rings. The van der Waals surface area contributed by atoms with Crippen LogP contribution in [0.15, 0.2) is 36.2 Å². The number of piperidine rings is 1. The normalized spacial score (nSPS) is 16.7. The summed E-state index contributed by atoms with van der Waals surface area (Å²) in [5.41, 5.74) is 0.953. The van der Waals surface area contributed by atoms with Gasteiger partial charge < -0.3 is 5.32 Å².